The average Bonchev–Trinajstić information content (AvgIpc) is 3.73. The lowest BCUT2D eigenvalue weighted by molar-refractivity contribution is 0.112. The molecule has 11 nitrogen and oxygen atoms in total. The summed E-state index contributed by atoms with van der Waals surface area (Å²) in [6.07, 6.45) is 6.68. The number of nitrogens with one attached hydrogen (secondary N) is 1. The Morgan fingerprint density at radius 2 is 1.19 bits per heavy atom. The van der Waals surface area contributed by atoms with Crippen LogP contribution in [0.3, 0.4) is 0 Å². The fourth-order valence-corrected chi connectivity index (χ4v) is 5.44. The number of aromatic nitrogens is 4. The zero-order valence-corrected chi connectivity index (χ0v) is 29.4. The van der Waals surface area contributed by atoms with Crippen molar-refractivity contribution in [3.05, 3.63) is 102 Å². The van der Waals surface area contributed by atoms with Crippen LogP contribution in [-0.2, 0) is 6.54 Å². The topological polar surface area (TPSA) is 109 Å². The first-order chi connectivity index (χ1) is 22.5. The third kappa shape index (κ3) is 11.1. The van der Waals surface area contributed by atoms with Gasteiger partial charge in [0, 0.05) is 64.5 Å². The highest BCUT2D eigenvalue weighted by Gasteiger charge is 2.23. The van der Waals surface area contributed by atoms with Crippen LogP contribution in [-0.4, -0.2) is 105 Å². The van der Waals surface area contributed by atoms with Crippen molar-refractivity contribution in [3.8, 4) is 0 Å². The first-order valence-corrected chi connectivity index (χ1v) is 16.6. The molecule has 17 heteroatoms. The predicted molar refractivity (Wildman–Crippen MR) is 186 cm³/mol. The van der Waals surface area contributed by atoms with Crippen molar-refractivity contribution in [1.82, 2.24) is 39.6 Å². The Balaban J connectivity index is 0.000000177. The largest absolute Gasteiger partial charge is 0.344 e. The minimum Gasteiger partial charge on any atom is -0.320 e. The van der Waals surface area contributed by atoms with Crippen molar-refractivity contribution >= 4 is 88.0 Å². The predicted octanol–water partition coefficient (Wildman–Crippen LogP) is 6.84. The lowest BCUT2D eigenvalue weighted by Gasteiger charge is -2.34. The van der Waals surface area contributed by atoms with Crippen molar-refractivity contribution < 1.29 is 14.4 Å². The molecule has 47 heavy (non-hydrogen) atoms. The second-order valence-corrected chi connectivity index (χ2v) is 12.8. The smallest absolute Gasteiger partial charge is 0.320 e. The van der Waals surface area contributed by atoms with Crippen molar-refractivity contribution in [2.45, 2.75) is 6.54 Å². The number of benzene rings is 2. The van der Waals surface area contributed by atoms with E-state index in [0.29, 0.717) is 48.8 Å². The molecule has 0 aliphatic carbocycles. The van der Waals surface area contributed by atoms with Crippen LogP contribution in [0.5, 0.6) is 0 Å². The van der Waals surface area contributed by atoms with Crippen molar-refractivity contribution in [2.24, 2.45) is 0 Å². The zero-order chi connectivity index (χ0) is 33.9. The molecule has 6 rings (SSSR count). The molecule has 2 aromatic heterocycles. The van der Waals surface area contributed by atoms with Crippen LogP contribution >= 0.6 is 69.6 Å². The summed E-state index contributed by atoms with van der Waals surface area (Å²) in [6, 6.07) is 10.1. The molecule has 0 spiro atoms. The number of amides is 2. The Morgan fingerprint density at radius 1 is 0.681 bits per heavy atom. The van der Waals surface area contributed by atoms with Gasteiger partial charge in [-0.05, 0) is 29.8 Å². The Hall–Kier alpha value is -2.87. The van der Waals surface area contributed by atoms with Crippen LogP contribution in [0, 0.1) is 0 Å². The number of rotatable bonds is 3. The fraction of sp³-hybridized carbons (Fsp3) is 0.300. The van der Waals surface area contributed by atoms with Crippen LogP contribution in [0.15, 0.2) is 61.2 Å². The molecule has 250 valence electrons. The van der Waals surface area contributed by atoms with E-state index >= 15 is 0 Å². The van der Waals surface area contributed by atoms with Gasteiger partial charge in [0.15, 0.2) is 0 Å². The van der Waals surface area contributed by atoms with Crippen LogP contribution in [0.2, 0.25) is 30.1 Å². The summed E-state index contributed by atoms with van der Waals surface area (Å²) in [6.45, 7) is 6.78. The molecule has 0 radical (unpaired) electrons. The highest BCUT2D eigenvalue weighted by Crippen LogP contribution is 2.24. The number of hydrogen-bond donors (Lipinski definition) is 1. The number of nitrogens with zero attached hydrogens (tertiary/aromatic N) is 7. The van der Waals surface area contributed by atoms with Gasteiger partial charge in [-0.3, -0.25) is 9.69 Å². The van der Waals surface area contributed by atoms with Crippen LogP contribution in [0.25, 0.3) is 0 Å². The van der Waals surface area contributed by atoms with Gasteiger partial charge >= 0.3 is 12.1 Å². The Bertz CT molecular complexity index is 1670. The first-order valence-electron chi connectivity index (χ1n) is 14.3. The summed E-state index contributed by atoms with van der Waals surface area (Å²) >= 11 is 34.6. The van der Waals surface area contributed by atoms with Crippen molar-refractivity contribution in [1.29, 1.82) is 0 Å². The molecular formula is C30H30Cl6N8O3. The molecule has 2 aliphatic heterocycles. The molecule has 4 aromatic rings. The van der Waals surface area contributed by atoms with E-state index in [0.717, 1.165) is 57.7 Å². The van der Waals surface area contributed by atoms with E-state index in [9.17, 15) is 14.4 Å². The highest BCUT2D eigenvalue weighted by atomic mass is 35.5. The number of aldehydes is 1. The van der Waals surface area contributed by atoms with Crippen molar-refractivity contribution in [3.63, 3.8) is 0 Å². The minimum absolute atomic E-state index is 0.113. The van der Waals surface area contributed by atoms with Crippen molar-refractivity contribution in [2.75, 3.05) is 52.4 Å². The van der Waals surface area contributed by atoms with Gasteiger partial charge in [0.1, 0.15) is 6.29 Å². The molecule has 2 aliphatic rings. The van der Waals surface area contributed by atoms with E-state index in [1.165, 1.54) is 40.2 Å². The van der Waals surface area contributed by atoms with Gasteiger partial charge in [-0.15, -0.1) is 0 Å². The summed E-state index contributed by atoms with van der Waals surface area (Å²) in [5.41, 5.74) is 1.65. The molecule has 0 saturated carbocycles. The number of carbonyl (C=O) groups is 3. The molecule has 0 atom stereocenters. The monoisotopic (exact) mass is 760 g/mol. The van der Waals surface area contributed by atoms with Crippen LogP contribution < -0.4 is 5.32 Å². The lowest BCUT2D eigenvalue weighted by Crippen LogP contribution is -2.49. The van der Waals surface area contributed by atoms with Gasteiger partial charge in [0.2, 0.25) is 0 Å². The summed E-state index contributed by atoms with van der Waals surface area (Å²) in [5, 5.41) is 13.9. The molecule has 2 aromatic carbocycles. The normalized spacial score (nSPS) is 14.9. The number of piperazine rings is 2. The maximum absolute atomic E-state index is 12.3. The maximum Gasteiger partial charge on any atom is 0.344 e. The van der Waals surface area contributed by atoms with E-state index in [1.54, 1.807) is 28.0 Å². The van der Waals surface area contributed by atoms with Gasteiger partial charge in [0.25, 0.3) is 0 Å². The Morgan fingerprint density at radius 3 is 1.66 bits per heavy atom. The van der Waals surface area contributed by atoms with E-state index in [4.69, 9.17) is 69.6 Å². The summed E-state index contributed by atoms with van der Waals surface area (Å²) in [4.78, 5) is 40.0. The molecule has 2 fully saturated rings. The minimum atomic E-state index is -0.147. The van der Waals surface area contributed by atoms with Crippen LogP contribution in [0.4, 0.5) is 9.59 Å². The summed E-state index contributed by atoms with van der Waals surface area (Å²) < 4.78 is 2.55. The lowest BCUT2D eigenvalue weighted by atomic mass is 10.2. The SMILES string of the molecule is O=C(N1CCN(Cc2ccc(Cl)c(Cl)c2)CC1)n1cc(Cl)cn1.O=C(N1CCNCC1)n1cc(Cl)cn1.O=Cc1ccc(Cl)c(Cl)c1. The first kappa shape index (κ1) is 37.0. The quantitative estimate of drug-likeness (QED) is 0.228. The molecule has 1 N–H and O–H groups in total. The Kier molecular flexibility index (Phi) is 14.2. The van der Waals surface area contributed by atoms with Gasteiger partial charge in [-0.2, -0.15) is 19.6 Å². The Labute approximate surface area is 301 Å². The van der Waals surface area contributed by atoms with Gasteiger partial charge in [-0.1, -0.05) is 81.7 Å². The zero-order valence-electron chi connectivity index (χ0n) is 24.8. The average molecular weight is 763 g/mol. The number of hydrogen-bond acceptors (Lipinski definition) is 7. The van der Waals surface area contributed by atoms with E-state index in [1.807, 2.05) is 12.1 Å². The second-order valence-electron chi connectivity index (χ2n) is 10.3. The third-order valence-electron chi connectivity index (χ3n) is 6.99. The third-order valence-corrected chi connectivity index (χ3v) is 8.86. The maximum atomic E-state index is 12.3. The van der Waals surface area contributed by atoms with Crippen LogP contribution in [0.1, 0.15) is 15.9 Å². The molecule has 0 bridgehead atoms. The molecule has 2 saturated heterocycles. The highest BCUT2D eigenvalue weighted by molar-refractivity contribution is 6.42. The second kappa shape index (κ2) is 18.0. The standard InChI is InChI=1S/C15H15Cl3N4O.C8H11ClN4O.C7H4Cl2O/c16-12-8-19-22(10-12)15(23)21-5-3-20(4-6-21)9-11-1-2-13(17)14(18)7-11;9-7-5-11-13(6-7)8(14)12-3-1-10-2-4-12;8-6-2-1-5(4-10)3-7(6)9/h1-2,7-8,10H,3-6,9H2;5-6,10H,1-4H2;1-4H. The number of halogens is 6. The molecule has 2 amide bonds. The van der Waals surface area contributed by atoms with Gasteiger partial charge in [-0.25, -0.2) is 9.59 Å². The van der Waals surface area contributed by atoms with Gasteiger partial charge in [0.05, 0.1) is 54.9 Å². The molecule has 0 unspecified atom stereocenters. The number of carbonyl (C=O) groups excluding carboxylic acids is 3. The molecule has 4 heterocycles. The van der Waals surface area contributed by atoms with E-state index in [2.05, 4.69) is 20.4 Å². The fourth-order valence-electron chi connectivity index (χ4n) is 4.54. The molecular weight excluding hydrogens is 733 g/mol. The summed E-state index contributed by atoms with van der Waals surface area (Å²) in [7, 11) is 0. The summed E-state index contributed by atoms with van der Waals surface area (Å²) in [5.74, 6) is 0. The van der Waals surface area contributed by atoms with E-state index < -0.39 is 0 Å². The van der Waals surface area contributed by atoms with Gasteiger partial charge < -0.3 is 15.1 Å². The van der Waals surface area contributed by atoms with E-state index in [-0.39, 0.29) is 12.1 Å².